The summed E-state index contributed by atoms with van der Waals surface area (Å²) in [4.78, 5) is 44.8. The van der Waals surface area contributed by atoms with Crippen molar-refractivity contribution in [1.82, 2.24) is 15.3 Å². The van der Waals surface area contributed by atoms with Crippen molar-refractivity contribution in [1.29, 1.82) is 0 Å². The molecule has 1 amide bonds. The van der Waals surface area contributed by atoms with Gasteiger partial charge in [0.1, 0.15) is 11.9 Å². The van der Waals surface area contributed by atoms with E-state index in [1.807, 2.05) is 55.5 Å². The smallest absolute Gasteiger partial charge is 0.310 e. The lowest BCUT2D eigenvalue weighted by Crippen LogP contribution is -2.34. The fourth-order valence-corrected chi connectivity index (χ4v) is 5.73. The van der Waals surface area contributed by atoms with Crippen LogP contribution in [0.1, 0.15) is 70.1 Å². The summed E-state index contributed by atoms with van der Waals surface area (Å²) in [6.07, 6.45) is 12.8. The molecule has 6 N–H and O–H groups in total. The van der Waals surface area contributed by atoms with Gasteiger partial charge in [-0.3, -0.25) is 14.4 Å². The number of benzene rings is 1. The number of nitrogens with one attached hydrogen (secondary N) is 2. The number of carbonyl (C=O) groups excluding carboxylic acids is 3. The molecule has 1 aliphatic rings. The Morgan fingerprint density at radius 2 is 2.00 bits per heavy atom. The molecule has 10 nitrogen and oxygen atoms in total. The average molecular weight is 623 g/mol. The van der Waals surface area contributed by atoms with Gasteiger partial charge in [0.25, 0.3) is 0 Å². The van der Waals surface area contributed by atoms with E-state index in [-0.39, 0.29) is 42.8 Å². The number of ketones is 1. The van der Waals surface area contributed by atoms with Crippen molar-refractivity contribution in [3.63, 3.8) is 0 Å². The van der Waals surface area contributed by atoms with Crippen molar-refractivity contribution in [2.75, 3.05) is 6.54 Å². The topological polar surface area (TPSA) is 168 Å². The molecule has 0 aliphatic heterocycles. The molecule has 2 aromatic rings. The van der Waals surface area contributed by atoms with Crippen LogP contribution in [0.5, 0.6) is 0 Å². The number of hydrogen-bond donors (Lipinski definition) is 5. The number of imidazole rings is 1. The van der Waals surface area contributed by atoms with E-state index in [9.17, 15) is 24.6 Å². The Kier molecular flexibility index (Phi) is 15.2. The number of nitrogens with two attached hydrogens (primary N) is 1. The molecule has 0 bridgehead atoms. The number of aliphatic hydroxyl groups excluding tert-OH is 2. The third-order valence-corrected chi connectivity index (χ3v) is 8.31. The molecule has 0 spiro atoms. The molecule has 1 fully saturated rings. The van der Waals surface area contributed by atoms with Gasteiger partial charge in [-0.05, 0) is 57.4 Å². The lowest BCUT2D eigenvalue weighted by molar-refractivity contribution is -0.156. The number of unbranched alkanes of at least 4 members (excludes halogenated alkanes) is 1. The average Bonchev–Trinajstić information content (AvgIpc) is 3.63. The summed E-state index contributed by atoms with van der Waals surface area (Å²) in [5.74, 6) is -2.10. The Morgan fingerprint density at radius 1 is 1.22 bits per heavy atom. The maximum absolute atomic E-state index is 13.5. The Bertz CT molecular complexity index is 1230. The van der Waals surface area contributed by atoms with Crippen LogP contribution in [0.25, 0.3) is 0 Å². The standard InChI is InChI=1S/C35H50N4O6/c1-3-38-34(43)14-10-5-4-9-13-29-30(18-17-28(40)16-15-25-11-7-6-8-12-25)33(21-32(29)42)45-35(44)26(20-31(41)24(2)36)19-27-22-37-23-39-27/h4,6-9,11-12,17-18,22-24,26,28-30,32-33,40,42H,3,5,10,13-16,19-21,36H2,1-2H3,(H,37,39)(H,38,43)/b9-4-,18-17+/t24?,26?,28-,29+,30+,32-,33+/m0/s1. The number of aliphatic hydroxyl groups is 2. The van der Waals surface area contributed by atoms with Crippen LogP contribution in [0.4, 0.5) is 0 Å². The third kappa shape index (κ3) is 12.4. The van der Waals surface area contributed by atoms with E-state index in [0.717, 1.165) is 18.4 Å². The van der Waals surface area contributed by atoms with Gasteiger partial charge in [-0.25, -0.2) is 4.98 Å². The number of aromatic amines is 1. The minimum absolute atomic E-state index is 0.0333. The van der Waals surface area contributed by atoms with Gasteiger partial charge in [-0.15, -0.1) is 0 Å². The van der Waals surface area contributed by atoms with E-state index in [1.165, 1.54) is 6.33 Å². The lowest BCUT2D eigenvalue weighted by Gasteiger charge is -2.24. The number of carbonyl (C=O) groups is 3. The zero-order chi connectivity index (χ0) is 32.6. The highest BCUT2D eigenvalue weighted by Crippen LogP contribution is 2.39. The van der Waals surface area contributed by atoms with Gasteiger partial charge in [0.15, 0.2) is 0 Å². The van der Waals surface area contributed by atoms with Crippen LogP contribution < -0.4 is 11.1 Å². The zero-order valence-corrected chi connectivity index (χ0v) is 26.5. The first kappa shape index (κ1) is 35.9. The van der Waals surface area contributed by atoms with Gasteiger partial charge in [0, 0.05) is 44.3 Å². The normalized spacial score (nSPS) is 22.0. The number of nitrogens with zero attached hydrogens (tertiary/aromatic N) is 1. The highest BCUT2D eigenvalue weighted by Gasteiger charge is 2.43. The summed E-state index contributed by atoms with van der Waals surface area (Å²) in [5.41, 5.74) is 7.56. The molecule has 1 aromatic heterocycles. The van der Waals surface area contributed by atoms with Crippen LogP contribution in [0, 0.1) is 17.8 Å². The number of allylic oxidation sites excluding steroid dienone is 2. The molecule has 1 aromatic carbocycles. The number of esters is 1. The molecule has 45 heavy (non-hydrogen) atoms. The molecular weight excluding hydrogens is 572 g/mol. The van der Waals surface area contributed by atoms with Crippen LogP contribution in [0.2, 0.25) is 0 Å². The highest BCUT2D eigenvalue weighted by atomic mass is 16.5. The number of hydrogen-bond acceptors (Lipinski definition) is 8. The summed E-state index contributed by atoms with van der Waals surface area (Å²) in [5, 5.41) is 24.7. The predicted molar refractivity (Wildman–Crippen MR) is 173 cm³/mol. The van der Waals surface area contributed by atoms with Crippen LogP contribution in [-0.2, 0) is 32.0 Å². The van der Waals surface area contributed by atoms with Gasteiger partial charge in [0.05, 0.1) is 36.2 Å². The first-order valence-electron chi connectivity index (χ1n) is 16.1. The van der Waals surface area contributed by atoms with Crippen molar-refractivity contribution in [3.8, 4) is 0 Å². The number of aromatic nitrogens is 2. The lowest BCUT2D eigenvalue weighted by atomic mass is 9.89. The van der Waals surface area contributed by atoms with Crippen molar-refractivity contribution in [2.24, 2.45) is 23.5 Å². The van der Waals surface area contributed by atoms with Gasteiger partial charge < -0.3 is 31.0 Å². The number of rotatable bonds is 19. The second-order valence-electron chi connectivity index (χ2n) is 12.0. The van der Waals surface area contributed by atoms with E-state index in [1.54, 1.807) is 19.2 Å². The third-order valence-electron chi connectivity index (χ3n) is 8.31. The molecule has 246 valence electrons. The van der Waals surface area contributed by atoms with Gasteiger partial charge in [-0.2, -0.15) is 0 Å². The first-order chi connectivity index (χ1) is 21.7. The van der Waals surface area contributed by atoms with Crippen molar-refractivity contribution < 1.29 is 29.3 Å². The van der Waals surface area contributed by atoms with Gasteiger partial charge >= 0.3 is 5.97 Å². The molecule has 7 atom stereocenters. The Labute approximate surface area is 266 Å². The van der Waals surface area contributed by atoms with Gasteiger partial charge in [0.2, 0.25) is 5.91 Å². The molecule has 0 radical (unpaired) electrons. The fourth-order valence-electron chi connectivity index (χ4n) is 5.73. The van der Waals surface area contributed by atoms with E-state index >= 15 is 0 Å². The summed E-state index contributed by atoms with van der Waals surface area (Å²) in [6.45, 7) is 4.10. The highest BCUT2D eigenvalue weighted by molar-refractivity contribution is 5.88. The number of amides is 1. The largest absolute Gasteiger partial charge is 0.461 e. The number of Topliss-reactive ketones (excluding diaryl/α,β-unsaturated/α-hetero) is 1. The second-order valence-corrected chi connectivity index (χ2v) is 12.0. The molecule has 1 heterocycles. The second kappa shape index (κ2) is 19.0. The minimum Gasteiger partial charge on any atom is -0.461 e. The zero-order valence-electron chi connectivity index (χ0n) is 26.5. The van der Waals surface area contributed by atoms with E-state index in [4.69, 9.17) is 10.5 Å². The monoisotopic (exact) mass is 622 g/mol. The van der Waals surface area contributed by atoms with Crippen LogP contribution in [0.15, 0.2) is 67.2 Å². The first-order valence-corrected chi connectivity index (χ1v) is 16.1. The summed E-state index contributed by atoms with van der Waals surface area (Å²) in [7, 11) is 0. The number of H-pyrrole nitrogens is 1. The molecule has 1 saturated carbocycles. The molecule has 2 unspecified atom stereocenters. The maximum Gasteiger partial charge on any atom is 0.310 e. The van der Waals surface area contributed by atoms with Crippen LogP contribution in [0.3, 0.4) is 0 Å². The van der Waals surface area contributed by atoms with E-state index < -0.39 is 36.2 Å². The van der Waals surface area contributed by atoms with Gasteiger partial charge in [-0.1, -0.05) is 54.6 Å². The molecule has 0 saturated heterocycles. The maximum atomic E-state index is 13.5. The summed E-state index contributed by atoms with van der Waals surface area (Å²) >= 11 is 0. The van der Waals surface area contributed by atoms with E-state index in [2.05, 4.69) is 15.3 Å². The predicted octanol–water partition coefficient (Wildman–Crippen LogP) is 3.59. The quantitative estimate of drug-likeness (QED) is 0.0900. The summed E-state index contributed by atoms with van der Waals surface area (Å²) < 4.78 is 6.04. The number of aryl methyl sites for hydroxylation is 1. The molecule has 3 rings (SSSR count). The SMILES string of the molecule is CCNC(=O)CCC/C=C\C[C@@H]1[C@@H](/C=C/[C@@H](O)CCc2ccccc2)[C@H](OC(=O)C(CC(=O)C(C)N)Cc2c[nH]cn2)C[C@@H]1O. The fraction of sp³-hybridized carbons (Fsp3) is 0.543. The number of ether oxygens (including phenoxy) is 1. The Hall–Kier alpha value is -3.60. The van der Waals surface area contributed by atoms with E-state index in [0.29, 0.717) is 37.9 Å². The van der Waals surface area contributed by atoms with Crippen molar-refractivity contribution in [2.45, 2.75) is 96.0 Å². The Morgan fingerprint density at radius 3 is 2.69 bits per heavy atom. The molecular formula is C35H50N4O6. The van der Waals surface area contributed by atoms with Crippen molar-refractivity contribution >= 4 is 17.7 Å². The molecule has 1 aliphatic carbocycles. The summed E-state index contributed by atoms with van der Waals surface area (Å²) in [6, 6.07) is 9.22. The van der Waals surface area contributed by atoms with Crippen LogP contribution >= 0.6 is 0 Å². The van der Waals surface area contributed by atoms with Crippen LogP contribution in [-0.4, -0.2) is 68.7 Å². The minimum atomic E-state index is -0.770. The molecule has 10 heteroatoms. The van der Waals surface area contributed by atoms with Crippen molar-refractivity contribution in [3.05, 3.63) is 78.4 Å². The Balaban J connectivity index is 1.71.